The highest BCUT2D eigenvalue weighted by Gasteiger charge is 2.14. The molecule has 0 atom stereocenters. The van der Waals surface area contributed by atoms with Crippen molar-refractivity contribution in [3.05, 3.63) is 30.0 Å². The van der Waals surface area contributed by atoms with Gasteiger partial charge in [0, 0.05) is 24.7 Å². The van der Waals surface area contributed by atoms with Gasteiger partial charge in [0.1, 0.15) is 18.6 Å². The van der Waals surface area contributed by atoms with Gasteiger partial charge in [0.2, 0.25) is 0 Å². The Kier molecular flexibility index (Phi) is 4.41. The second-order valence-electron chi connectivity index (χ2n) is 4.57. The predicted octanol–water partition coefficient (Wildman–Crippen LogP) is 1.45. The molecule has 2 rings (SSSR count). The van der Waals surface area contributed by atoms with Crippen molar-refractivity contribution < 1.29 is 14.4 Å². The number of allylic oxidation sites excluding steroid dienone is 1. The number of nitrogens with zero attached hydrogens (tertiary/aromatic N) is 1. The maximum absolute atomic E-state index is 10.7. The molecule has 102 valence electrons. The van der Waals surface area contributed by atoms with E-state index in [0.717, 1.165) is 29.7 Å². The Labute approximate surface area is 112 Å². The fourth-order valence-electron chi connectivity index (χ4n) is 1.79. The molecule has 0 amide bonds. The highest BCUT2D eigenvalue weighted by atomic mass is 16.6. The molecule has 5 heteroatoms. The summed E-state index contributed by atoms with van der Waals surface area (Å²) in [5.74, 6) is 1.49. The Balaban J connectivity index is 2.11. The van der Waals surface area contributed by atoms with Crippen LogP contribution < -0.4 is 15.1 Å². The van der Waals surface area contributed by atoms with Crippen molar-refractivity contribution in [1.29, 1.82) is 0 Å². The van der Waals surface area contributed by atoms with E-state index in [9.17, 15) is 4.79 Å². The summed E-state index contributed by atoms with van der Waals surface area (Å²) in [7, 11) is 4.00. The second kappa shape index (κ2) is 6.24. The van der Waals surface area contributed by atoms with E-state index in [0.29, 0.717) is 18.8 Å². The van der Waals surface area contributed by atoms with Crippen LogP contribution in [0.1, 0.15) is 12.0 Å². The van der Waals surface area contributed by atoms with E-state index in [1.54, 1.807) is 6.20 Å². The van der Waals surface area contributed by atoms with Crippen LogP contribution in [0.15, 0.2) is 24.4 Å². The van der Waals surface area contributed by atoms with Gasteiger partial charge in [0.25, 0.3) is 0 Å². The Bertz CT molecular complexity index is 484. The van der Waals surface area contributed by atoms with Gasteiger partial charge in [-0.05, 0) is 37.9 Å². The summed E-state index contributed by atoms with van der Waals surface area (Å²) < 4.78 is 5.68. The molecule has 1 aromatic carbocycles. The Hall–Kier alpha value is -2.01. The van der Waals surface area contributed by atoms with Crippen molar-refractivity contribution in [2.24, 2.45) is 0 Å². The van der Waals surface area contributed by atoms with Gasteiger partial charge < -0.3 is 19.3 Å². The number of carbonyl (C=O) groups is 1. The summed E-state index contributed by atoms with van der Waals surface area (Å²) in [5.41, 5.74) is 4.48. The van der Waals surface area contributed by atoms with Crippen LogP contribution in [0.2, 0.25) is 0 Å². The standard InChI is InChI=1S/C14H18N2O3/c1-16(2)6-8-18-12-3-4-14-13(9-12)11(5-7-17)10-15-19-14/h3-4,7,9-10,15H,5-6,8H2,1-2H3. The second-order valence-corrected chi connectivity index (χ2v) is 4.57. The van der Waals surface area contributed by atoms with Crippen LogP contribution in [-0.2, 0) is 4.79 Å². The number of carbonyl (C=O) groups excluding carboxylic acids is 1. The Morgan fingerprint density at radius 3 is 3.00 bits per heavy atom. The van der Waals surface area contributed by atoms with Crippen LogP contribution in [0.3, 0.4) is 0 Å². The molecule has 1 aliphatic heterocycles. The normalized spacial score (nSPS) is 13.1. The van der Waals surface area contributed by atoms with Crippen molar-refractivity contribution in [3.63, 3.8) is 0 Å². The van der Waals surface area contributed by atoms with E-state index < -0.39 is 0 Å². The molecule has 0 aliphatic carbocycles. The molecule has 1 aliphatic rings. The molecular formula is C14H18N2O3. The molecule has 0 saturated heterocycles. The zero-order valence-corrected chi connectivity index (χ0v) is 11.2. The lowest BCUT2D eigenvalue weighted by molar-refractivity contribution is -0.107. The van der Waals surface area contributed by atoms with Gasteiger partial charge in [-0.2, -0.15) is 0 Å². The lowest BCUT2D eigenvalue weighted by Crippen LogP contribution is -2.20. The van der Waals surface area contributed by atoms with E-state index in [2.05, 4.69) is 10.4 Å². The van der Waals surface area contributed by atoms with Crippen LogP contribution in [0.5, 0.6) is 11.5 Å². The number of hydrogen-bond acceptors (Lipinski definition) is 5. The average Bonchev–Trinajstić information content (AvgIpc) is 2.39. The average molecular weight is 262 g/mol. The molecule has 1 heterocycles. The number of benzene rings is 1. The first-order valence-corrected chi connectivity index (χ1v) is 6.17. The van der Waals surface area contributed by atoms with Crippen LogP contribution in [-0.4, -0.2) is 38.4 Å². The molecule has 0 spiro atoms. The van der Waals surface area contributed by atoms with Gasteiger partial charge in [0.05, 0.1) is 0 Å². The van der Waals surface area contributed by atoms with Gasteiger partial charge in [-0.3, -0.25) is 0 Å². The van der Waals surface area contributed by atoms with Crippen molar-refractivity contribution in [3.8, 4) is 11.5 Å². The molecule has 0 unspecified atom stereocenters. The van der Waals surface area contributed by atoms with Gasteiger partial charge in [-0.1, -0.05) is 0 Å². The first-order chi connectivity index (χ1) is 9.20. The lowest BCUT2D eigenvalue weighted by Gasteiger charge is -2.19. The van der Waals surface area contributed by atoms with Crippen LogP contribution in [0.25, 0.3) is 5.57 Å². The largest absolute Gasteiger partial charge is 0.492 e. The van der Waals surface area contributed by atoms with E-state index in [4.69, 9.17) is 9.57 Å². The highest BCUT2D eigenvalue weighted by Crippen LogP contribution is 2.33. The summed E-state index contributed by atoms with van der Waals surface area (Å²) in [6, 6.07) is 5.60. The molecule has 1 aromatic rings. The summed E-state index contributed by atoms with van der Waals surface area (Å²) in [4.78, 5) is 18.0. The zero-order chi connectivity index (χ0) is 13.7. The van der Waals surface area contributed by atoms with Gasteiger partial charge in [-0.25, -0.2) is 5.48 Å². The molecule has 0 bridgehead atoms. The first kappa shape index (κ1) is 13.4. The third kappa shape index (κ3) is 3.48. The summed E-state index contributed by atoms with van der Waals surface area (Å²) in [6.45, 7) is 1.48. The highest BCUT2D eigenvalue weighted by molar-refractivity contribution is 5.80. The summed E-state index contributed by atoms with van der Waals surface area (Å²) in [5, 5.41) is 0. The SMILES string of the molecule is CN(C)CCOc1ccc2c(c1)C(CC=O)=CNO2. The van der Waals surface area contributed by atoms with Crippen molar-refractivity contribution in [2.75, 3.05) is 27.2 Å². The van der Waals surface area contributed by atoms with Crippen LogP contribution in [0, 0.1) is 0 Å². The smallest absolute Gasteiger partial charge is 0.162 e. The number of nitrogens with one attached hydrogen (secondary N) is 1. The van der Waals surface area contributed by atoms with E-state index in [-0.39, 0.29) is 0 Å². The predicted molar refractivity (Wildman–Crippen MR) is 72.9 cm³/mol. The number of likely N-dealkylation sites (N-methyl/N-ethyl adjacent to an activating group) is 1. The number of rotatable bonds is 6. The summed E-state index contributed by atoms with van der Waals surface area (Å²) >= 11 is 0. The fraction of sp³-hybridized carbons (Fsp3) is 0.357. The van der Waals surface area contributed by atoms with E-state index in [1.807, 2.05) is 32.3 Å². The van der Waals surface area contributed by atoms with E-state index in [1.165, 1.54) is 0 Å². The molecule has 5 nitrogen and oxygen atoms in total. The maximum atomic E-state index is 10.7. The minimum Gasteiger partial charge on any atom is -0.492 e. The van der Waals surface area contributed by atoms with E-state index >= 15 is 0 Å². The number of ether oxygens (including phenoxy) is 1. The van der Waals surface area contributed by atoms with Crippen LogP contribution in [0.4, 0.5) is 0 Å². The fourth-order valence-corrected chi connectivity index (χ4v) is 1.79. The van der Waals surface area contributed by atoms with Crippen molar-refractivity contribution in [1.82, 2.24) is 10.4 Å². The Morgan fingerprint density at radius 2 is 2.26 bits per heavy atom. The molecule has 1 N–H and O–H groups in total. The molecule has 0 saturated carbocycles. The minimum atomic E-state index is 0.352. The lowest BCUT2D eigenvalue weighted by atomic mass is 10.0. The monoisotopic (exact) mass is 262 g/mol. The number of aldehydes is 1. The molecular weight excluding hydrogens is 244 g/mol. The van der Waals surface area contributed by atoms with Gasteiger partial charge in [0.15, 0.2) is 5.75 Å². The zero-order valence-electron chi connectivity index (χ0n) is 11.2. The summed E-state index contributed by atoms with van der Waals surface area (Å²) in [6.07, 6.45) is 2.92. The molecule has 0 radical (unpaired) electrons. The number of hydrogen-bond donors (Lipinski definition) is 1. The Morgan fingerprint density at radius 1 is 1.42 bits per heavy atom. The quantitative estimate of drug-likeness (QED) is 0.786. The number of fused-ring (bicyclic) bond motifs is 1. The van der Waals surface area contributed by atoms with Crippen LogP contribution >= 0.6 is 0 Å². The minimum absolute atomic E-state index is 0.352. The topological polar surface area (TPSA) is 50.8 Å². The third-order valence-electron chi connectivity index (χ3n) is 2.81. The maximum Gasteiger partial charge on any atom is 0.162 e. The van der Waals surface area contributed by atoms with Crippen molar-refractivity contribution >= 4 is 11.9 Å². The van der Waals surface area contributed by atoms with Gasteiger partial charge >= 0.3 is 0 Å². The first-order valence-electron chi connectivity index (χ1n) is 6.17. The van der Waals surface area contributed by atoms with Gasteiger partial charge in [-0.15, -0.1) is 0 Å². The third-order valence-corrected chi connectivity index (χ3v) is 2.81. The number of hydroxylamine groups is 1. The van der Waals surface area contributed by atoms with Crippen molar-refractivity contribution in [2.45, 2.75) is 6.42 Å². The molecule has 0 aromatic heterocycles. The molecule has 19 heavy (non-hydrogen) atoms. The molecule has 0 fully saturated rings.